The fourth-order valence-electron chi connectivity index (χ4n) is 3.43. The Morgan fingerprint density at radius 3 is 2.48 bits per heavy atom. The molecule has 25 heavy (non-hydrogen) atoms. The third kappa shape index (κ3) is 3.63. The zero-order valence-corrected chi connectivity index (χ0v) is 15.0. The lowest BCUT2D eigenvalue weighted by Crippen LogP contribution is -2.49. The van der Waals surface area contributed by atoms with Crippen LogP contribution in [-0.4, -0.2) is 61.9 Å². The van der Waals surface area contributed by atoms with Gasteiger partial charge in [-0.15, -0.1) is 0 Å². The summed E-state index contributed by atoms with van der Waals surface area (Å²) in [7, 11) is 0. The lowest BCUT2D eigenvalue weighted by molar-refractivity contribution is 0.105. The zero-order chi connectivity index (χ0) is 17.8. The number of piperazine rings is 1. The minimum absolute atomic E-state index is 0.266. The van der Waals surface area contributed by atoms with Gasteiger partial charge in [0.05, 0.1) is 12.2 Å². The molecule has 0 atom stereocenters. The molecule has 0 spiro atoms. The second-order valence-corrected chi connectivity index (χ2v) is 6.47. The Morgan fingerprint density at radius 2 is 1.88 bits per heavy atom. The van der Waals surface area contributed by atoms with Crippen molar-refractivity contribution in [3.8, 4) is 6.07 Å². The largest absolute Gasteiger partial charge is 0.450 e. The van der Waals surface area contributed by atoms with E-state index >= 15 is 0 Å². The lowest BCUT2D eigenvalue weighted by Gasteiger charge is -2.35. The predicted octanol–water partition coefficient (Wildman–Crippen LogP) is 2.14. The first kappa shape index (κ1) is 17.3. The van der Waals surface area contributed by atoms with Crippen LogP contribution in [0.3, 0.4) is 0 Å². The van der Waals surface area contributed by atoms with Gasteiger partial charge in [-0.2, -0.15) is 5.26 Å². The van der Waals surface area contributed by atoms with Gasteiger partial charge >= 0.3 is 6.09 Å². The topological polar surface area (TPSA) is 72.7 Å². The van der Waals surface area contributed by atoms with E-state index in [4.69, 9.17) is 9.72 Å². The van der Waals surface area contributed by atoms with Gasteiger partial charge < -0.3 is 19.4 Å². The van der Waals surface area contributed by atoms with E-state index in [0.717, 1.165) is 30.3 Å². The molecule has 2 aliphatic heterocycles. The fraction of sp³-hybridized carbons (Fsp3) is 0.611. The van der Waals surface area contributed by atoms with E-state index in [1.165, 1.54) is 12.8 Å². The van der Waals surface area contributed by atoms with Gasteiger partial charge in [0.15, 0.2) is 0 Å². The summed E-state index contributed by atoms with van der Waals surface area (Å²) in [6, 6.07) is 4.32. The maximum absolute atomic E-state index is 11.9. The minimum Gasteiger partial charge on any atom is -0.450 e. The first-order chi connectivity index (χ1) is 12.1. The van der Waals surface area contributed by atoms with E-state index < -0.39 is 0 Å². The number of ether oxygens (including phenoxy) is 1. The van der Waals surface area contributed by atoms with Crippen LogP contribution in [0.2, 0.25) is 0 Å². The van der Waals surface area contributed by atoms with Gasteiger partial charge in [0.2, 0.25) is 0 Å². The molecule has 3 heterocycles. The van der Waals surface area contributed by atoms with Gasteiger partial charge in [0, 0.05) is 39.3 Å². The Balaban J connectivity index is 1.79. The van der Waals surface area contributed by atoms with Crippen LogP contribution in [-0.2, 0) is 4.74 Å². The third-order valence-corrected chi connectivity index (χ3v) is 4.83. The highest BCUT2D eigenvalue weighted by molar-refractivity contribution is 5.68. The molecule has 0 radical (unpaired) electrons. The summed E-state index contributed by atoms with van der Waals surface area (Å²) in [5.74, 6) is 1.70. The van der Waals surface area contributed by atoms with E-state index in [9.17, 15) is 10.1 Å². The Kier molecular flexibility index (Phi) is 5.27. The maximum atomic E-state index is 11.9. The molecule has 0 N–H and O–H groups in total. The summed E-state index contributed by atoms with van der Waals surface area (Å²) < 4.78 is 5.07. The molecular formula is C18H25N5O2. The highest BCUT2D eigenvalue weighted by atomic mass is 16.6. The molecule has 2 saturated heterocycles. The van der Waals surface area contributed by atoms with Crippen LogP contribution in [0.1, 0.15) is 30.9 Å². The van der Waals surface area contributed by atoms with Crippen LogP contribution in [0.5, 0.6) is 0 Å². The van der Waals surface area contributed by atoms with Crippen molar-refractivity contribution in [1.82, 2.24) is 9.88 Å². The smallest absolute Gasteiger partial charge is 0.409 e. The van der Waals surface area contributed by atoms with E-state index in [1.807, 2.05) is 19.9 Å². The van der Waals surface area contributed by atoms with Gasteiger partial charge in [-0.25, -0.2) is 9.78 Å². The first-order valence-electron chi connectivity index (χ1n) is 8.97. The molecular weight excluding hydrogens is 318 g/mol. The predicted molar refractivity (Wildman–Crippen MR) is 95.9 cm³/mol. The normalized spacial score (nSPS) is 17.6. The molecule has 2 fully saturated rings. The van der Waals surface area contributed by atoms with Crippen LogP contribution in [0, 0.1) is 18.3 Å². The summed E-state index contributed by atoms with van der Waals surface area (Å²) >= 11 is 0. The molecule has 7 heteroatoms. The summed E-state index contributed by atoms with van der Waals surface area (Å²) in [6.07, 6.45) is 2.11. The number of pyridine rings is 1. The standard InChI is InChI=1S/C18H25N5O2/c1-3-25-18(24)23-10-8-22(9-11-23)17-15(13-19)14(2)12-16(20-17)21-6-4-5-7-21/h12H,3-11H2,1-2H3. The van der Waals surface area contributed by atoms with Crippen molar-refractivity contribution in [2.45, 2.75) is 26.7 Å². The molecule has 0 bridgehead atoms. The van der Waals surface area contributed by atoms with E-state index in [0.29, 0.717) is 38.3 Å². The third-order valence-electron chi connectivity index (χ3n) is 4.83. The molecule has 0 saturated carbocycles. The summed E-state index contributed by atoms with van der Waals surface area (Å²) in [6.45, 7) is 8.69. The SMILES string of the molecule is CCOC(=O)N1CCN(c2nc(N3CCCC3)cc(C)c2C#N)CC1. The number of carbonyl (C=O) groups is 1. The van der Waals surface area contributed by atoms with Crippen molar-refractivity contribution < 1.29 is 9.53 Å². The second-order valence-electron chi connectivity index (χ2n) is 6.47. The lowest BCUT2D eigenvalue weighted by atomic mass is 10.1. The zero-order valence-electron chi connectivity index (χ0n) is 15.0. The average Bonchev–Trinajstić information content (AvgIpc) is 3.16. The quantitative estimate of drug-likeness (QED) is 0.837. The van der Waals surface area contributed by atoms with Crippen LogP contribution < -0.4 is 9.80 Å². The van der Waals surface area contributed by atoms with Crippen LogP contribution in [0.25, 0.3) is 0 Å². The van der Waals surface area contributed by atoms with E-state index in [-0.39, 0.29) is 6.09 Å². The number of carbonyl (C=O) groups excluding carboxylic acids is 1. The van der Waals surface area contributed by atoms with Gasteiger partial charge in [-0.05, 0) is 38.3 Å². The van der Waals surface area contributed by atoms with Crippen molar-refractivity contribution in [3.63, 3.8) is 0 Å². The number of nitriles is 1. The number of nitrogens with zero attached hydrogens (tertiary/aromatic N) is 5. The number of rotatable bonds is 3. The number of aromatic nitrogens is 1. The minimum atomic E-state index is -0.266. The Bertz CT molecular complexity index is 671. The maximum Gasteiger partial charge on any atom is 0.409 e. The van der Waals surface area contributed by atoms with Crippen molar-refractivity contribution in [2.75, 3.05) is 55.7 Å². The highest BCUT2D eigenvalue weighted by Crippen LogP contribution is 2.28. The fourth-order valence-corrected chi connectivity index (χ4v) is 3.43. The summed E-state index contributed by atoms with van der Waals surface area (Å²) in [4.78, 5) is 22.8. The molecule has 0 aliphatic carbocycles. The van der Waals surface area contributed by atoms with Crippen molar-refractivity contribution >= 4 is 17.7 Å². The van der Waals surface area contributed by atoms with Gasteiger partial charge in [0.1, 0.15) is 17.7 Å². The number of anilines is 2. The second kappa shape index (κ2) is 7.60. The molecule has 1 amide bonds. The molecule has 7 nitrogen and oxygen atoms in total. The average molecular weight is 343 g/mol. The molecule has 3 rings (SSSR count). The Labute approximate surface area is 148 Å². The van der Waals surface area contributed by atoms with E-state index in [1.54, 1.807) is 4.90 Å². The van der Waals surface area contributed by atoms with Crippen molar-refractivity contribution in [3.05, 3.63) is 17.2 Å². The first-order valence-corrected chi connectivity index (χ1v) is 8.97. The number of hydrogen-bond acceptors (Lipinski definition) is 6. The monoisotopic (exact) mass is 343 g/mol. The van der Waals surface area contributed by atoms with Gasteiger partial charge in [0.25, 0.3) is 0 Å². The molecule has 0 unspecified atom stereocenters. The number of amides is 1. The molecule has 134 valence electrons. The molecule has 1 aromatic rings. The summed E-state index contributed by atoms with van der Waals surface area (Å²) in [5.41, 5.74) is 1.59. The van der Waals surface area contributed by atoms with Crippen LogP contribution >= 0.6 is 0 Å². The van der Waals surface area contributed by atoms with Gasteiger partial charge in [-0.3, -0.25) is 0 Å². The molecule has 1 aromatic heterocycles. The van der Waals surface area contributed by atoms with Crippen molar-refractivity contribution in [2.24, 2.45) is 0 Å². The highest BCUT2D eigenvalue weighted by Gasteiger charge is 2.26. The molecule has 0 aromatic carbocycles. The van der Waals surface area contributed by atoms with E-state index in [2.05, 4.69) is 15.9 Å². The van der Waals surface area contributed by atoms with Gasteiger partial charge in [-0.1, -0.05) is 0 Å². The van der Waals surface area contributed by atoms with Crippen LogP contribution in [0.4, 0.5) is 16.4 Å². The molecule has 2 aliphatic rings. The summed E-state index contributed by atoms with van der Waals surface area (Å²) in [5, 5.41) is 9.58. The van der Waals surface area contributed by atoms with Crippen LogP contribution in [0.15, 0.2) is 6.07 Å². The Hall–Kier alpha value is -2.49. The van der Waals surface area contributed by atoms with Crippen molar-refractivity contribution in [1.29, 1.82) is 5.26 Å². The number of hydrogen-bond donors (Lipinski definition) is 0. The Morgan fingerprint density at radius 1 is 1.20 bits per heavy atom. The number of aryl methyl sites for hydroxylation is 1.